The Morgan fingerprint density at radius 1 is 0.821 bits per heavy atom. The van der Waals surface area contributed by atoms with Crippen LogP contribution in [0.25, 0.3) is 0 Å². The molecule has 0 aliphatic carbocycles. The maximum atomic E-state index is 13.9. The summed E-state index contributed by atoms with van der Waals surface area (Å²) >= 11 is 0. The minimum atomic E-state index is -0.953. The van der Waals surface area contributed by atoms with Crippen molar-refractivity contribution in [1.29, 1.82) is 0 Å². The first kappa shape index (κ1) is 27.4. The topological polar surface area (TPSA) is 61.9 Å². The van der Waals surface area contributed by atoms with Crippen LogP contribution < -0.4 is 15.0 Å². The van der Waals surface area contributed by atoms with Crippen molar-refractivity contribution >= 4 is 23.2 Å². The van der Waals surface area contributed by atoms with Gasteiger partial charge in [-0.1, -0.05) is 54.6 Å². The molecule has 4 rings (SSSR count). The number of rotatable bonds is 10. The van der Waals surface area contributed by atoms with Gasteiger partial charge in [-0.3, -0.25) is 9.59 Å². The molecule has 6 nitrogen and oxygen atoms in total. The van der Waals surface area contributed by atoms with Gasteiger partial charge in [-0.15, -0.1) is 0 Å². The molecule has 39 heavy (non-hydrogen) atoms. The first-order valence-corrected chi connectivity index (χ1v) is 12.6. The number of nitrogens with one attached hydrogen (secondary N) is 1. The van der Waals surface area contributed by atoms with E-state index in [1.54, 1.807) is 48.4 Å². The van der Waals surface area contributed by atoms with Crippen molar-refractivity contribution in [1.82, 2.24) is 4.90 Å². The van der Waals surface area contributed by atoms with Crippen molar-refractivity contribution in [3.05, 3.63) is 126 Å². The molecule has 2 amide bonds. The van der Waals surface area contributed by atoms with Crippen LogP contribution in [0.2, 0.25) is 0 Å². The molecule has 7 heteroatoms. The van der Waals surface area contributed by atoms with E-state index in [1.165, 1.54) is 12.1 Å². The molecule has 0 unspecified atom stereocenters. The van der Waals surface area contributed by atoms with Crippen LogP contribution in [-0.4, -0.2) is 37.9 Å². The van der Waals surface area contributed by atoms with E-state index in [9.17, 15) is 14.0 Å². The van der Waals surface area contributed by atoms with Gasteiger partial charge in [0.15, 0.2) is 0 Å². The van der Waals surface area contributed by atoms with Crippen LogP contribution in [0.15, 0.2) is 103 Å². The Kier molecular flexibility index (Phi) is 8.94. The highest BCUT2D eigenvalue weighted by Crippen LogP contribution is 2.28. The van der Waals surface area contributed by atoms with Gasteiger partial charge in [0.2, 0.25) is 5.91 Å². The molecule has 0 bridgehead atoms. The molecule has 0 saturated carbocycles. The van der Waals surface area contributed by atoms with Gasteiger partial charge >= 0.3 is 0 Å². The number of hydrogen-bond acceptors (Lipinski definition) is 4. The van der Waals surface area contributed by atoms with Crippen molar-refractivity contribution in [2.75, 3.05) is 31.4 Å². The average molecular weight is 526 g/mol. The smallest absolute Gasteiger partial charge is 0.251 e. The largest absolute Gasteiger partial charge is 0.497 e. The van der Waals surface area contributed by atoms with E-state index >= 15 is 0 Å². The zero-order valence-corrected chi connectivity index (χ0v) is 22.3. The van der Waals surface area contributed by atoms with Crippen LogP contribution in [-0.2, 0) is 22.6 Å². The summed E-state index contributed by atoms with van der Waals surface area (Å²) in [6, 6.07) is 29.0. The molecule has 0 saturated heterocycles. The summed E-state index contributed by atoms with van der Waals surface area (Å²) in [5.74, 6) is -0.324. The lowest BCUT2D eigenvalue weighted by atomic mass is 10.0. The third kappa shape index (κ3) is 7.23. The van der Waals surface area contributed by atoms with Gasteiger partial charge in [-0.2, -0.15) is 0 Å². The third-order valence-corrected chi connectivity index (χ3v) is 6.43. The molecular weight excluding hydrogens is 493 g/mol. The van der Waals surface area contributed by atoms with Crippen molar-refractivity contribution in [3.63, 3.8) is 0 Å². The SMILES string of the molecule is COc1ccc([C@H](C(=O)Nc2ccc(N(C)C)cc2)N(Cc2ccc(F)cc2)C(=O)Cc2ccccc2)cc1. The predicted octanol–water partition coefficient (Wildman–Crippen LogP) is 5.85. The van der Waals surface area contributed by atoms with Crippen molar-refractivity contribution in [2.45, 2.75) is 19.0 Å². The molecule has 200 valence electrons. The van der Waals surface area contributed by atoms with Crippen LogP contribution in [0.4, 0.5) is 15.8 Å². The fourth-order valence-electron chi connectivity index (χ4n) is 4.29. The Morgan fingerprint density at radius 3 is 2.05 bits per heavy atom. The quantitative estimate of drug-likeness (QED) is 0.282. The second-order valence-electron chi connectivity index (χ2n) is 9.42. The number of benzene rings is 4. The summed E-state index contributed by atoms with van der Waals surface area (Å²) in [5.41, 5.74) is 3.78. The summed E-state index contributed by atoms with van der Waals surface area (Å²) in [6.45, 7) is 0.121. The molecule has 4 aromatic rings. The standard InChI is InChI=1S/C32H32FN3O3/c1-35(2)28-17-15-27(16-18-28)34-32(38)31(25-11-19-29(39-3)20-12-25)36(22-24-9-13-26(33)14-10-24)30(37)21-23-7-5-4-6-8-23/h4-20,31H,21-22H2,1-3H3,(H,34,38)/t31-/m1/s1. The number of halogens is 1. The van der Waals surface area contributed by atoms with Crippen LogP contribution in [0.5, 0.6) is 5.75 Å². The van der Waals surface area contributed by atoms with E-state index in [0.717, 1.165) is 11.3 Å². The second kappa shape index (κ2) is 12.7. The zero-order chi connectivity index (χ0) is 27.8. The molecule has 0 heterocycles. The van der Waals surface area contributed by atoms with Crippen LogP contribution in [0, 0.1) is 5.82 Å². The lowest BCUT2D eigenvalue weighted by Crippen LogP contribution is -2.41. The molecule has 4 aromatic carbocycles. The molecule has 0 aromatic heterocycles. The number of ether oxygens (including phenoxy) is 1. The van der Waals surface area contributed by atoms with Crippen molar-refractivity contribution < 1.29 is 18.7 Å². The molecule has 1 atom stereocenters. The summed E-state index contributed by atoms with van der Waals surface area (Å²) in [7, 11) is 5.46. The summed E-state index contributed by atoms with van der Waals surface area (Å²) < 4.78 is 19.0. The Hall–Kier alpha value is -4.65. The molecule has 0 fully saturated rings. The monoisotopic (exact) mass is 525 g/mol. The summed E-state index contributed by atoms with van der Waals surface area (Å²) in [4.78, 5) is 31.3. The van der Waals surface area contributed by atoms with E-state index < -0.39 is 6.04 Å². The van der Waals surface area contributed by atoms with Gasteiger partial charge < -0.3 is 19.9 Å². The lowest BCUT2D eigenvalue weighted by molar-refractivity contribution is -0.139. The number of methoxy groups -OCH3 is 1. The molecule has 0 aliphatic heterocycles. The highest BCUT2D eigenvalue weighted by molar-refractivity contribution is 5.98. The van der Waals surface area contributed by atoms with E-state index in [2.05, 4.69) is 5.32 Å². The summed E-state index contributed by atoms with van der Waals surface area (Å²) in [5, 5.41) is 2.99. The van der Waals surface area contributed by atoms with E-state index in [1.807, 2.05) is 73.6 Å². The highest BCUT2D eigenvalue weighted by atomic mass is 19.1. The van der Waals surface area contributed by atoms with Gasteiger partial charge in [-0.25, -0.2) is 4.39 Å². The maximum Gasteiger partial charge on any atom is 0.251 e. The normalized spacial score (nSPS) is 11.4. The number of amides is 2. The Balaban J connectivity index is 1.72. The number of carbonyl (C=O) groups is 2. The zero-order valence-electron chi connectivity index (χ0n) is 22.3. The number of nitrogens with zero attached hydrogens (tertiary/aromatic N) is 2. The number of carbonyl (C=O) groups excluding carboxylic acids is 2. The van der Waals surface area contributed by atoms with Gasteiger partial charge in [0.1, 0.15) is 17.6 Å². The molecule has 0 spiro atoms. The molecule has 1 N–H and O–H groups in total. The Morgan fingerprint density at radius 2 is 1.46 bits per heavy atom. The van der Waals surface area contributed by atoms with Crippen LogP contribution in [0.1, 0.15) is 22.7 Å². The van der Waals surface area contributed by atoms with E-state index in [0.29, 0.717) is 22.6 Å². The van der Waals surface area contributed by atoms with Crippen molar-refractivity contribution in [3.8, 4) is 5.75 Å². The third-order valence-electron chi connectivity index (χ3n) is 6.43. The summed E-state index contributed by atoms with van der Waals surface area (Å²) in [6.07, 6.45) is 0.111. The van der Waals surface area contributed by atoms with Crippen molar-refractivity contribution in [2.24, 2.45) is 0 Å². The maximum absolute atomic E-state index is 13.9. The highest BCUT2D eigenvalue weighted by Gasteiger charge is 2.32. The average Bonchev–Trinajstić information content (AvgIpc) is 2.95. The van der Waals surface area contributed by atoms with Gasteiger partial charge in [0.25, 0.3) is 5.91 Å². The number of hydrogen-bond donors (Lipinski definition) is 1. The molecular formula is C32H32FN3O3. The van der Waals surface area contributed by atoms with Gasteiger partial charge in [0, 0.05) is 32.0 Å². The van der Waals surface area contributed by atoms with Gasteiger partial charge in [-0.05, 0) is 65.2 Å². The van der Waals surface area contributed by atoms with E-state index in [-0.39, 0.29) is 30.6 Å². The lowest BCUT2D eigenvalue weighted by Gasteiger charge is -2.32. The Labute approximate surface area is 228 Å². The van der Waals surface area contributed by atoms with E-state index in [4.69, 9.17) is 4.74 Å². The molecule has 0 aliphatic rings. The minimum Gasteiger partial charge on any atom is -0.497 e. The van der Waals surface area contributed by atoms with Crippen LogP contribution >= 0.6 is 0 Å². The van der Waals surface area contributed by atoms with Gasteiger partial charge in [0.05, 0.1) is 13.5 Å². The predicted molar refractivity (Wildman–Crippen MR) is 152 cm³/mol. The fraction of sp³-hybridized carbons (Fsp3) is 0.188. The first-order chi connectivity index (χ1) is 18.8. The minimum absolute atomic E-state index is 0.111. The molecule has 0 radical (unpaired) electrons. The number of anilines is 2. The van der Waals surface area contributed by atoms with Crippen LogP contribution in [0.3, 0.4) is 0 Å². The first-order valence-electron chi connectivity index (χ1n) is 12.6. The Bertz CT molecular complexity index is 1370. The second-order valence-corrected chi connectivity index (χ2v) is 9.42. The fourth-order valence-corrected chi connectivity index (χ4v) is 4.29.